The number of aryl methyl sites for hydroxylation is 2. The second kappa shape index (κ2) is 6.06. The maximum atomic E-state index is 13.0. The number of rotatable bonds is 4. The Morgan fingerprint density at radius 2 is 1.96 bits per heavy atom. The van der Waals surface area contributed by atoms with Crippen LogP contribution in [0.4, 0.5) is 20.2 Å². The minimum absolute atomic E-state index is 0.169. The maximum Gasteiger partial charge on any atom is 0.248 e. The highest BCUT2D eigenvalue weighted by Crippen LogP contribution is 2.48. The molecule has 1 N–H and O–H groups in total. The van der Waals surface area contributed by atoms with E-state index < -0.39 is 5.92 Å². The number of carbonyl (C=O) groups is 1. The predicted molar refractivity (Wildman–Crippen MR) is 105 cm³/mol. The Hall–Kier alpha value is -2.37. The van der Waals surface area contributed by atoms with Crippen LogP contribution in [0.3, 0.4) is 0 Å². The van der Waals surface area contributed by atoms with Gasteiger partial charge in [0, 0.05) is 49.1 Å². The average Bonchev–Trinajstić information content (AvgIpc) is 3.28. The fourth-order valence-corrected chi connectivity index (χ4v) is 5.29. The molecule has 5 rings (SSSR count). The Morgan fingerprint density at radius 1 is 1.25 bits per heavy atom. The molecule has 1 aromatic heterocycles. The SMILES string of the molecule is Cc1cc(N2CC3CC2c2cccn23)cc(C)c1NC(=O)CC1CC(F)(F)C1. The van der Waals surface area contributed by atoms with Gasteiger partial charge in [0.2, 0.25) is 11.8 Å². The summed E-state index contributed by atoms with van der Waals surface area (Å²) in [6.07, 6.45) is 3.15. The van der Waals surface area contributed by atoms with Crippen molar-refractivity contribution in [3.63, 3.8) is 0 Å². The van der Waals surface area contributed by atoms with Gasteiger partial charge >= 0.3 is 0 Å². The van der Waals surface area contributed by atoms with E-state index >= 15 is 0 Å². The van der Waals surface area contributed by atoms with Gasteiger partial charge in [-0.15, -0.1) is 0 Å². The molecule has 2 fully saturated rings. The van der Waals surface area contributed by atoms with Crippen molar-refractivity contribution in [3.05, 3.63) is 47.3 Å². The van der Waals surface area contributed by atoms with Crippen LogP contribution in [0.15, 0.2) is 30.5 Å². The summed E-state index contributed by atoms with van der Waals surface area (Å²) < 4.78 is 28.4. The number of amides is 1. The molecule has 4 nitrogen and oxygen atoms in total. The van der Waals surface area contributed by atoms with Crippen molar-refractivity contribution >= 4 is 17.3 Å². The van der Waals surface area contributed by atoms with Gasteiger partial charge in [-0.2, -0.15) is 0 Å². The van der Waals surface area contributed by atoms with Gasteiger partial charge in [0.25, 0.3) is 0 Å². The lowest BCUT2D eigenvalue weighted by Gasteiger charge is -2.34. The van der Waals surface area contributed by atoms with Crippen LogP contribution in [0, 0.1) is 19.8 Å². The number of aromatic nitrogens is 1. The second-order valence-electron chi connectivity index (χ2n) is 8.74. The molecule has 3 heterocycles. The van der Waals surface area contributed by atoms with Crippen molar-refractivity contribution in [2.75, 3.05) is 16.8 Å². The molecule has 1 saturated heterocycles. The highest BCUT2D eigenvalue weighted by molar-refractivity contribution is 5.93. The van der Waals surface area contributed by atoms with Gasteiger partial charge in [0.1, 0.15) is 0 Å². The molecule has 1 saturated carbocycles. The standard InChI is InChI=1S/C22H25F2N3O/c1-13-6-16(27-12-17-9-19(27)18-4-3-5-26(17)18)7-14(2)21(13)25-20(28)8-15-10-22(23,24)11-15/h3-7,15,17,19H,8-12H2,1-2H3,(H,25,28). The summed E-state index contributed by atoms with van der Waals surface area (Å²) in [6, 6.07) is 9.54. The molecule has 2 aliphatic heterocycles. The molecular formula is C22H25F2N3O. The number of alkyl halides is 2. The van der Waals surface area contributed by atoms with E-state index in [0.29, 0.717) is 12.1 Å². The topological polar surface area (TPSA) is 37.3 Å². The molecule has 3 aliphatic rings. The zero-order chi connectivity index (χ0) is 19.6. The van der Waals surface area contributed by atoms with Crippen LogP contribution in [0.25, 0.3) is 0 Å². The highest BCUT2D eigenvalue weighted by atomic mass is 19.3. The Morgan fingerprint density at radius 3 is 2.64 bits per heavy atom. The third-order valence-corrected chi connectivity index (χ3v) is 6.59. The van der Waals surface area contributed by atoms with Crippen LogP contribution >= 0.6 is 0 Å². The molecule has 2 atom stereocenters. The van der Waals surface area contributed by atoms with E-state index in [9.17, 15) is 13.6 Å². The number of fused-ring (bicyclic) bond motifs is 5. The smallest absolute Gasteiger partial charge is 0.248 e. The third kappa shape index (κ3) is 2.81. The van der Waals surface area contributed by atoms with Gasteiger partial charge in [-0.1, -0.05) is 0 Å². The van der Waals surface area contributed by atoms with Crippen molar-refractivity contribution in [1.29, 1.82) is 0 Å². The van der Waals surface area contributed by atoms with Crippen LogP contribution in [0.2, 0.25) is 0 Å². The second-order valence-corrected chi connectivity index (χ2v) is 8.74. The predicted octanol–water partition coefficient (Wildman–Crippen LogP) is 4.98. The zero-order valence-electron chi connectivity index (χ0n) is 16.2. The van der Waals surface area contributed by atoms with E-state index in [1.165, 1.54) is 11.4 Å². The maximum absolute atomic E-state index is 13.0. The van der Waals surface area contributed by atoms with E-state index in [4.69, 9.17) is 0 Å². The van der Waals surface area contributed by atoms with Gasteiger partial charge in [0.05, 0.1) is 12.1 Å². The molecule has 1 aromatic carbocycles. The van der Waals surface area contributed by atoms with Crippen molar-refractivity contribution < 1.29 is 13.6 Å². The summed E-state index contributed by atoms with van der Waals surface area (Å²) >= 11 is 0. The highest BCUT2D eigenvalue weighted by Gasteiger charge is 2.46. The first kappa shape index (κ1) is 17.7. The van der Waals surface area contributed by atoms with E-state index in [0.717, 1.165) is 29.8 Å². The van der Waals surface area contributed by atoms with Crippen molar-refractivity contribution in [2.45, 2.75) is 57.5 Å². The number of hydrogen-bond acceptors (Lipinski definition) is 2. The van der Waals surface area contributed by atoms with Crippen molar-refractivity contribution in [1.82, 2.24) is 4.57 Å². The first-order valence-corrected chi connectivity index (χ1v) is 10.0. The van der Waals surface area contributed by atoms with Gasteiger partial charge in [0.15, 0.2) is 0 Å². The number of hydrogen-bond donors (Lipinski definition) is 1. The fraction of sp³-hybridized carbons (Fsp3) is 0.500. The molecule has 148 valence electrons. The Bertz CT molecular complexity index is 920. The summed E-state index contributed by atoms with van der Waals surface area (Å²) in [5.74, 6) is -2.95. The first-order chi connectivity index (χ1) is 13.3. The quantitative estimate of drug-likeness (QED) is 0.806. The minimum Gasteiger partial charge on any atom is -0.361 e. The van der Waals surface area contributed by atoms with Gasteiger partial charge in [-0.25, -0.2) is 8.78 Å². The Kier molecular flexibility index (Phi) is 3.83. The number of nitrogens with zero attached hydrogens (tertiary/aromatic N) is 2. The Labute approximate surface area is 163 Å². The molecule has 0 radical (unpaired) electrons. The van der Waals surface area contributed by atoms with Gasteiger partial charge < -0.3 is 14.8 Å². The van der Waals surface area contributed by atoms with Crippen LogP contribution in [0.5, 0.6) is 0 Å². The van der Waals surface area contributed by atoms with Crippen LogP contribution in [0.1, 0.15) is 54.6 Å². The number of anilines is 2. The molecule has 0 spiro atoms. The molecule has 2 unspecified atom stereocenters. The number of benzene rings is 1. The van der Waals surface area contributed by atoms with E-state index in [2.05, 4.69) is 45.2 Å². The normalized spacial score (nSPS) is 24.9. The molecule has 2 aromatic rings. The number of halogens is 2. The number of carbonyl (C=O) groups excluding carboxylic acids is 1. The lowest BCUT2D eigenvalue weighted by atomic mass is 9.79. The lowest BCUT2D eigenvalue weighted by Crippen LogP contribution is -2.37. The summed E-state index contributed by atoms with van der Waals surface area (Å²) in [6.45, 7) is 5.01. The lowest BCUT2D eigenvalue weighted by molar-refractivity contribution is -0.129. The van der Waals surface area contributed by atoms with E-state index in [1.807, 2.05) is 13.8 Å². The van der Waals surface area contributed by atoms with E-state index in [1.54, 1.807) is 0 Å². The number of nitrogens with one attached hydrogen (secondary N) is 1. The van der Waals surface area contributed by atoms with Crippen LogP contribution in [-0.2, 0) is 4.79 Å². The molecule has 1 aliphatic carbocycles. The monoisotopic (exact) mass is 385 g/mol. The van der Waals surface area contributed by atoms with Gasteiger partial charge in [-0.05, 0) is 61.6 Å². The van der Waals surface area contributed by atoms with E-state index in [-0.39, 0.29) is 31.1 Å². The minimum atomic E-state index is -2.58. The summed E-state index contributed by atoms with van der Waals surface area (Å²) in [5.41, 5.74) is 5.40. The molecule has 6 heteroatoms. The third-order valence-electron chi connectivity index (χ3n) is 6.59. The largest absolute Gasteiger partial charge is 0.361 e. The van der Waals surface area contributed by atoms with Gasteiger partial charge in [-0.3, -0.25) is 4.79 Å². The molecule has 2 bridgehead atoms. The van der Waals surface area contributed by atoms with Crippen LogP contribution in [-0.4, -0.2) is 22.9 Å². The zero-order valence-corrected chi connectivity index (χ0v) is 16.2. The molecule has 1 amide bonds. The fourth-order valence-electron chi connectivity index (χ4n) is 5.29. The van der Waals surface area contributed by atoms with Crippen molar-refractivity contribution in [2.24, 2.45) is 5.92 Å². The molecule has 28 heavy (non-hydrogen) atoms. The van der Waals surface area contributed by atoms with Crippen molar-refractivity contribution in [3.8, 4) is 0 Å². The summed E-state index contributed by atoms with van der Waals surface area (Å²) in [7, 11) is 0. The summed E-state index contributed by atoms with van der Waals surface area (Å²) in [4.78, 5) is 14.8. The first-order valence-electron chi connectivity index (χ1n) is 10.0. The average molecular weight is 385 g/mol. The summed E-state index contributed by atoms with van der Waals surface area (Å²) in [5, 5.41) is 2.96. The Balaban J connectivity index is 1.31. The van der Waals surface area contributed by atoms with Crippen LogP contribution < -0.4 is 10.2 Å². The molecular weight excluding hydrogens is 360 g/mol.